The van der Waals surface area contributed by atoms with Crippen LogP contribution >= 0.6 is 0 Å². The first-order valence-electron chi connectivity index (χ1n) is 9.90. The molecule has 0 bridgehead atoms. The number of benzene rings is 2. The summed E-state index contributed by atoms with van der Waals surface area (Å²) in [4.78, 5) is 24.1. The fraction of sp³-hybridized carbons (Fsp3) is 0.364. The van der Waals surface area contributed by atoms with Gasteiger partial charge in [-0.25, -0.2) is 4.79 Å². The highest BCUT2D eigenvalue weighted by Gasteiger charge is 2.17. The predicted octanol–water partition coefficient (Wildman–Crippen LogP) is 3.53. The molecular formula is C22H27NO7S. The Kier molecular flexibility index (Phi) is 9.48. The van der Waals surface area contributed by atoms with E-state index in [1.807, 2.05) is 0 Å². The summed E-state index contributed by atoms with van der Waals surface area (Å²) in [5.74, 6) is -1.26. The fourth-order valence-corrected chi connectivity index (χ4v) is 3.66. The first kappa shape index (κ1) is 24.4. The molecule has 8 nitrogen and oxygen atoms in total. The van der Waals surface area contributed by atoms with Crippen molar-refractivity contribution in [1.82, 2.24) is 0 Å². The van der Waals surface area contributed by atoms with Gasteiger partial charge in [-0.3, -0.25) is 8.98 Å². The van der Waals surface area contributed by atoms with E-state index in [1.54, 1.807) is 30.3 Å². The molecule has 0 heterocycles. The molecule has 168 valence electrons. The van der Waals surface area contributed by atoms with E-state index in [9.17, 15) is 18.0 Å². The minimum absolute atomic E-state index is 0.235. The number of rotatable bonds is 12. The molecule has 2 aromatic rings. The SMILES string of the molecule is CCCCCOc1cc(NC(=O)COS(=O)(=O)Cc2ccccc2)ccc1C(=O)OC. The molecule has 0 saturated carbocycles. The molecule has 0 atom stereocenters. The van der Waals surface area contributed by atoms with E-state index in [4.69, 9.17) is 13.7 Å². The second-order valence-corrected chi connectivity index (χ2v) is 8.40. The maximum Gasteiger partial charge on any atom is 0.341 e. The van der Waals surface area contributed by atoms with Crippen molar-refractivity contribution in [2.75, 3.05) is 25.6 Å². The summed E-state index contributed by atoms with van der Waals surface area (Å²) < 4.78 is 39.4. The third kappa shape index (κ3) is 8.39. The average molecular weight is 450 g/mol. The molecule has 31 heavy (non-hydrogen) atoms. The van der Waals surface area contributed by atoms with E-state index in [0.717, 1.165) is 19.3 Å². The number of amides is 1. The Balaban J connectivity index is 1.98. The lowest BCUT2D eigenvalue weighted by molar-refractivity contribution is -0.118. The lowest BCUT2D eigenvalue weighted by Gasteiger charge is -2.13. The van der Waals surface area contributed by atoms with Crippen molar-refractivity contribution in [3.05, 3.63) is 59.7 Å². The molecule has 0 spiro atoms. The van der Waals surface area contributed by atoms with Crippen LogP contribution in [0, 0.1) is 0 Å². The molecule has 0 aromatic heterocycles. The van der Waals surface area contributed by atoms with Crippen LogP contribution in [0.5, 0.6) is 5.75 Å². The largest absolute Gasteiger partial charge is 0.493 e. The lowest BCUT2D eigenvalue weighted by Crippen LogP contribution is -2.22. The van der Waals surface area contributed by atoms with Crippen LogP contribution in [0.25, 0.3) is 0 Å². The van der Waals surface area contributed by atoms with Crippen LogP contribution in [0.15, 0.2) is 48.5 Å². The third-order valence-corrected chi connectivity index (χ3v) is 5.40. The number of esters is 1. The van der Waals surface area contributed by atoms with Crippen molar-refractivity contribution < 1.29 is 31.7 Å². The Morgan fingerprint density at radius 2 is 1.77 bits per heavy atom. The zero-order valence-corrected chi connectivity index (χ0v) is 18.4. The predicted molar refractivity (Wildman–Crippen MR) is 116 cm³/mol. The van der Waals surface area contributed by atoms with Gasteiger partial charge in [0.1, 0.15) is 23.7 Å². The van der Waals surface area contributed by atoms with Gasteiger partial charge in [0, 0.05) is 11.8 Å². The summed E-state index contributed by atoms with van der Waals surface area (Å²) in [5.41, 5.74) is 1.14. The maximum absolute atomic E-state index is 12.2. The zero-order valence-electron chi connectivity index (χ0n) is 17.6. The Bertz CT molecular complexity index is 975. The standard InChI is InChI=1S/C22H27NO7S/c1-3-4-8-13-29-20-14-18(11-12-19(20)22(25)28-2)23-21(24)15-30-31(26,27)16-17-9-6-5-7-10-17/h5-7,9-12,14H,3-4,8,13,15-16H2,1-2H3,(H,23,24). The van der Waals surface area contributed by atoms with Crippen LogP contribution in [-0.4, -0.2) is 40.6 Å². The topological polar surface area (TPSA) is 108 Å². The van der Waals surface area contributed by atoms with Gasteiger partial charge in [-0.2, -0.15) is 8.42 Å². The smallest absolute Gasteiger partial charge is 0.341 e. The second-order valence-electron chi connectivity index (χ2n) is 6.76. The van der Waals surface area contributed by atoms with E-state index in [2.05, 4.69) is 12.2 Å². The Labute approximate surface area is 182 Å². The van der Waals surface area contributed by atoms with Gasteiger partial charge in [0.2, 0.25) is 0 Å². The number of hydrogen-bond donors (Lipinski definition) is 1. The molecule has 0 saturated heterocycles. The first-order chi connectivity index (χ1) is 14.8. The van der Waals surface area contributed by atoms with Crippen molar-refractivity contribution in [2.45, 2.75) is 31.9 Å². The van der Waals surface area contributed by atoms with Gasteiger partial charge in [0.25, 0.3) is 16.0 Å². The van der Waals surface area contributed by atoms with Crippen LogP contribution in [0.1, 0.15) is 42.1 Å². The van der Waals surface area contributed by atoms with E-state index in [-0.39, 0.29) is 17.1 Å². The van der Waals surface area contributed by atoms with E-state index in [0.29, 0.717) is 17.9 Å². The van der Waals surface area contributed by atoms with E-state index >= 15 is 0 Å². The third-order valence-electron chi connectivity index (χ3n) is 4.23. The van der Waals surface area contributed by atoms with Crippen LogP contribution in [0.4, 0.5) is 5.69 Å². The summed E-state index contributed by atoms with van der Waals surface area (Å²) in [6, 6.07) is 13.0. The fourth-order valence-electron chi connectivity index (χ4n) is 2.69. The van der Waals surface area contributed by atoms with Gasteiger partial charge in [0.15, 0.2) is 0 Å². The molecule has 9 heteroatoms. The van der Waals surface area contributed by atoms with Crippen LogP contribution in [-0.2, 0) is 29.6 Å². The van der Waals surface area contributed by atoms with Crippen molar-refractivity contribution >= 4 is 27.7 Å². The maximum atomic E-state index is 12.2. The minimum Gasteiger partial charge on any atom is -0.493 e. The molecule has 1 N–H and O–H groups in total. The molecule has 1 amide bonds. The Morgan fingerprint density at radius 1 is 1.03 bits per heavy atom. The van der Waals surface area contributed by atoms with Crippen molar-refractivity contribution in [2.24, 2.45) is 0 Å². The minimum atomic E-state index is -3.92. The molecule has 0 unspecified atom stereocenters. The number of unbranched alkanes of at least 4 members (excludes halogenated alkanes) is 2. The van der Waals surface area contributed by atoms with Gasteiger partial charge >= 0.3 is 5.97 Å². The molecular weight excluding hydrogens is 422 g/mol. The molecule has 0 aliphatic carbocycles. The highest BCUT2D eigenvalue weighted by molar-refractivity contribution is 7.85. The van der Waals surface area contributed by atoms with Gasteiger partial charge in [-0.05, 0) is 24.1 Å². The number of carbonyl (C=O) groups excluding carboxylic acids is 2. The van der Waals surface area contributed by atoms with Crippen molar-refractivity contribution in [3.8, 4) is 5.75 Å². The zero-order chi connectivity index (χ0) is 22.7. The molecule has 2 rings (SSSR count). The molecule has 0 radical (unpaired) electrons. The van der Waals surface area contributed by atoms with Gasteiger partial charge in [-0.15, -0.1) is 0 Å². The van der Waals surface area contributed by atoms with Crippen LogP contribution < -0.4 is 10.1 Å². The van der Waals surface area contributed by atoms with Crippen LogP contribution in [0.3, 0.4) is 0 Å². The quantitative estimate of drug-likeness (QED) is 0.300. The number of ether oxygens (including phenoxy) is 2. The highest BCUT2D eigenvalue weighted by Crippen LogP contribution is 2.25. The van der Waals surface area contributed by atoms with Crippen molar-refractivity contribution in [3.63, 3.8) is 0 Å². The van der Waals surface area contributed by atoms with Crippen LogP contribution in [0.2, 0.25) is 0 Å². The number of nitrogens with one attached hydrogen (secondary N) is 1. The summed E-state index contributed by atoms with van der Waals surface area (Å²) in [6.07, 6.45) is 2.83. The number of carbonyl (C=O) groups is 2. The number of methoxy groups -OCH3 is 1. The first-order valence-corrected chi connectivity index (χ1v) is 11.5. The number of hydrogen-bond acceptors (Lipinski definition) is 7. The molecule has 0 aliphatic rings. The average Bonchev–Trinajstić information content (AvgIpc) is 2.75. The lowest BCUT2D eigenvalue weighted by atomic mass is 10.1. The summed E-state index contributed by atoms with van der Waals surface area (Å²) in [5, 5.41) is 2.54. The molecule has 0 fully saturated rings. The Morgan fingerprint density at radius 3 is 2.45 bits per heavy atom. The molecule has 2 aromatic carbocycles. The second kappa shape index (κ2) is 12.1. The highest BCUT2D eigenvalue weighted by atomic mass is 32.2. The number of anilines is 1. The normalized spacial score (nSPS) is 11.0. The van der Waals surface area contributed by atoms with Gasteiger partial charge in [-0.1, -0.05) is 50.1 Å². The van der Waals surface area contributed by atoms with E-state index in [1.165, 1.54) is 25.3 Å². The monoisotopic (exact) mass is 449 g/mol. The summed E-state index contributed by atoms with van der Waals surface area (Å²) >= 11 is 0. The summed E-state index contributed by atoms with van der Waals surface area (Å²) in [7, 11) is -2.65. The van der Waals surface area contributed by atoms with Crippen molar-refractivity contribution in [1.29, 1.82) is 0 Å². The van der Waals surface area contributed by atoms with Gasteiger partial charge < -0.3 is 14.8 Å². The van der Waals surface area contributed by atoms with Gasteiger partial charge in [0.05, 0.1) is 13.7 Å². The van der Waals surface area contributed by atoms with E-state index < -0.39 is 28.6 Å². The molecule has 0 aliphatic heterocycles. The summed E-state index contributed by atoms with van der Waals surface area (Å²) in [6.45, 7) is 1.81. The Hall–Kier alpha value is -2.91.